The standard InChI is InChI=1S/C20H19N5O2/c1-2-17(26)24-16-10-6-9-15-18(16)14(11-12-22-15)19(27)25-20(21)23-13-7-4-3-5-8-13/h3-12H,2H2,1H3,(H,24,26)(H3,21,23,25,27). The van der Waals surface area contributed by atoms with Crippen molar-refractivity contribution in [3.05, 3.63) is 66.4 Å². The maximum Gasteiger partial charge on any atom is 0.258 e. The molecule has 7 nitrogen and oxygen atoms in total. The number of nitrogens with two attached hydrogens (primary N) is 1. The number of anilines is 1. The molecule has 0 aliphatic heterocycles. The van der Waals surface area contributed by atoms with Crippen molar-refractivity contribution < 1.29 is 9.59 Å². The molecule has 27 heavy (non-hydrogen) atoms. The second kappa shape index (κ2) is 8.09. The molecule has 0 atom stereocenters. The third-order valence-corrected chi connectivity index (χ3v) is 3.85. The van der Waals surface area contributed by atoms with Crippen LogP contribution in [0.3, 0.4) is 0 Å². The van der Waals surface area contributed by atoms with Gasteiger partial charge in [0.25, 0.3) is 5.91 Å². The number of rotatable bonds is 4. The fourth-order valence-electron chi connectivity index (χ4n) is 2.59. The van der Waals surface area contributed by atoms with Crippen LogP contribution in [0.25, 0.3) is 10.9 Å². The maximum absolute atomic E-state index is 12.8. The Morgan fingerprint density at radius 1 is 1.07 bits per heavy atom. The number of amides is 2. The molecule has 7 heteroatoms. The molecule has 136 valence electrons. The van der Waals surface area contributed by atoms with E-state index in [1.165, 1.54) is 6.20 Å². The number of hydrogen-bond donors (Lipinski definition) is 3. The lowest BCUT2D eigenvalue weighted by Gasteiger charge is -2.12. The van der Waals surface area contributed by atoms with E-state index in [0.29, 0.717) is 34.3 Å². The Bertz CT molecular complexity index is 1010. The van der Waals surface area contributed by atoms with Crippen LogP contribution >= 0.6 is 0 Å². The molecule has 3 rings (SSSR count). The highest BCUT2D eigenvalue weighted by atomic mass is 16.2. The van der Waals surface area contributed by atoms with E-state index in [-0.39, 0.29) is 11.9 Å². The number of benzene rings is 2. The quantitative estimate of drug-likeness (QED) is 0.490. The van der Waals surface area contributed by atoms with Gasteiger partial charge in [-0.3, -0.25) is 19.9 Å². The molecule has 4 N–H and O–H groups in total. The topological polar surface area (TPSA) is 109 Å². The van der Waals surface area contributed by atoms with E-state index >= 15 is 0 Å². The summed E-state index contributed by atoms with van der Waals surface area (Å²) in [7, 11) is 0. The number of aliphatic imine (C=N–C) groups is 1. The molecule has 0 aliphatic carbocycles. The second-order valence-electron chi connectivity index (χ2n) is 5.75. The van der Waals surface area contributed by atoms with Gasteiger partial charge in [-0.25, -0.2) is 4.99 Å². The van der Waals surface area contributed by atoms with Crippen molar-refractivity contribution in [2.75, 3.05) is 5.32 Å². The van der Waals surface area contributed by atoms with Crippen molar-refractivity contribution in [1.29, 1.82) is 0 Å². The number of aromatic nitrogens is 1. The molecule has 1 heterocycles. The van der Waals surface area contributed by atoms with Crippen LogP contribution in [0.15, 0.2) is 65.8 Å². The zero-order chi connectivity index (χ0) is 19.2. The van der Waals surface area contributed by atoms with Crippen LogP contribution in [0.4, 0.5) is 11.4 Å². The number of carbonyl (C=O) groups is 2. The fraction of sp³-hybridized carbons (Fsp3) is 0.100. The second-order valence-corrected chi connectivity index (χ2v) is 5.75. The highest BCUT2D eigenvalue weighted by Gasteiger charge is 2.15. The summed E-state index contributed by atoms with van der Waals surface area (Å²) in [5, 5.41) is 5.93. The van der Waals surface area contributed by atoms with Gasteiger partial charge in [0.1, 0.15) is 0 Å². The van der Waals surface area contributed by atoms with Gasteiger partial charge in [0.05, 0.1) is 22.5 Å². The Hall–Kier alpha value is -3.74. The predicted molar refractivity (Wildman–Crippen MR) is 106 cm³/mol. The van der Waals surface area contributed by atoms with Crippen molar-refractivity contribution in [1.82, 2.24) is 10.3 Å². The van der Waals surface area contributed by atoms with Crippen molar-refractivity contribution >= 4 is 40.1 Å². The summed E-state index contributed by atoms with van der Waals surface area (Å²) in [6, 6.07) is 15.9. The van der Waals surface area contributed by atoms with Crippen LogP contribution in [0.2, 0.25) is 0 Å². The van der Waals surface area contributed by atoms with Gasteiger partial charge in [0.2, 0.25) is 11.9 Å². The third kappa shape index (κ3) is 4.27. The summed E-state index contributed by atoms with van der Waals surface area (Å²) in [6.07, 6.45) is 1.86. The number of pyridine rings is 1. The van der Waals surface area contributed by atoms with Crippen LogP contribution in [0.5, 0.6) is 0 Å². The molecule has 0 bridgehead atoms. The van der Waals surface area contributed by atoms with Crippen molar-refractivity contribution in [2.24, 2.45) is 10.7 Å². The number of carbonyl (C=O) groups excluding carboxylic acids is 2. The largest absolute Gasteiger partial charge is 0.369 e. The molecule has 0 radical (unpaired) electrons. The highest BCUT2D eigenvalue weighted by molar-refractivity contribution is 6.16. The van der Waals surface area contributed by atoms with Gasteiger partial charge in [-0.05, 0) is 30.3 Å². The lowest BCUT2D eigenvalue weighted by molar-refractivity contribution is -0.115. The summed E-state index contributed by atoms with van der Waals surface area (Å²) < 4.78 is 0. The Morgan fingerprint density at radius 3 is 2.59 bits per heavy atom. The Morgan fingerprint density at radius 2 is 1.85 bits per heavy atom. The number of hydrogen-bond acceptors (Lipinski definition) is 4. The Kier molecular flexibility index (Phi) is 5.41. The van der Waals surface area contributed by atoms with Crippen molar-refractivity contribution in [3.8, 4) is 0 Å². The SMILES string of the molecule is CCC(=O)Nc1cccc2nccc(C(=O)NC(N)=Nc3ccccc3)c12. The minimum Gasteiger partial charge on any atom is -0.369 e. The van der Waals surface area contributed by atoms with Crippen LogP contribution in [0.1, 0.15) is 23.7 Å². The van der Waals surface area contributed by atoms with Gasteiger partial charge in [-0.15, -0.1) is 0 Å². The summed E-state index contributed by atoms with van der Waals surface area (Å²) in [5.41, 5.74) is 7.95. The van der Waals surface area contributed by atoms with Crippen molar-refractivity contribution in [3.63, 3.8) is 0 Å². The molecule has 3 aromatic rings. The fourth-order valence-corrected chi connectivity index (χ4v) is 2.59. The Labute approximate surface area is 156 Å². The van der Waals surface area contributed by atoms with E-state index in [4.69, 9.17) is 5.73 Å². The first-order valence-electron chi connectivity index (χ1n) is 8.46. The molecule has 0 spiro atoms. The van der Waals surface area contributed by atoms with Crippen LogP contribution in [-0.4, -0.2) is 22.8 Å². The van der Waals surface area contributed by atoms with E-state index in [0.717, 1.165) is 0 Å². The lowest BCUT2D eigenvalue weighted by atomic mass is 10.1. The van der Waals surface area contributed by atoms with E-state index in [2.05, 4.69) is 20.6 Å². The average molecular weight is 361 g/mol. The van der Waals surface area contributed by atoms with Crippen molar-refractivity contribution in [2.45, 2.75) is 13.3 Å². The first-order valence-corrected chi connectivity index (χ1v) is 8.46. The van der Waals surface area contributed by atoms with Gasteiger partial charge in [0, 0.05) is 18.0 Å². The summed E-state index contributed by atoms with van der Waals surface area (Å²) in [6.45, 7) is 1.76. The molecule has 1 aromatic heterocycles. The van der Waals surface area contributed by atoms with Gasteiger partial charge in [-0.1, -0.05) is 31.2 Å². The summed E-state index contributed by atoms with van der Waals surface area (Å²) >= 11 is 0. The van der Waals surface area contributed by atoms with Crippen LogP contribution in [0, 0.1) is 0 Å². The monoisotopic (exact) mass is 361 g/mol. The number of nitrogens with one attached hydrogen (secondary N) is 2. The smallest absolute Gasteiger partial charge is 0.258 e. The summed E-state index contributed by atoms with van der Waals surface area (Å²) in [4.78, 5) is 33.0. The molecule has 0 unspecified atom stereocenters. The lowest BCUT2D eigenvalue weighted by Crippen LogP contribution is -2.36. The van der Waals surface area contributed by atoms with Gasteiger partial charge in [-0.2, -0.15) is 0 Å². The molecule has 0 saturated heterocycles. The van der Waals surface area contributed by atoms with E-state index in [9.17, 15) is 9.59 Å². The Balaban J connectivity index is 1.94. The average Bonchev–Trinajstić information content (AvgIpc) is 2.68. The molecule has 0 saturated carbocycles. The number of nitrogens with zero attached hydrogens (tertiary/aromatic N) is 2. The van der Waals surface area contributed by atoms with E-state index in [1.54, 1.807) is 43.3 Å². The first kappa shape index (κ1) is 18.1. The van der Waals surface area contributed by atoms with Gasteiger partial charge in [0.15, 0.2) is 0 Å². The summed E-state index contributed by atoms with van der Waals surface area (Å²) in [5.74, 6) is -0.605. The number of guanidine groups is 1. The highest BCUT2D eigenvalue weighted by Crippen LogP contribution is 2.26. The molecular weight excluding hydrogens is 342 g/mol. The predicted octanol–water partition coefficient (Wildman–Crippen LogP) is 2.96. The molecule has 2 aromatic carbocycles. The first-order chi connectivity index (χ1) is 13.1. The number of fused-ring (bicyclic) bond motifs is 1. The molecule has 0 fully saturated rings. The zero-order valence-electron chi connectivity index (χ0n) is 14.8. The minimum atomic E-state index is -0.433. The molecule has 2 amide bonds. The normalized spacial score (nSPS) is 11.2. The molecule has 0 aliphatic rings. The minimum absolute atomic E-state index is 0.0220. The van der Waals surface area contributed by atoms with Crippen LogP contribution in [-0.2, 0) is 4.79 Å². The zero-order valence-corrected chi connectivity index (χ0v) is 14.8. The van der Waals surface area contributed by atoms with E-state index in [1.807, 2.05) is 18.2 Å². The maximum atomic E-state index is 12.8. The third-order valence-electron chi connectivity index (χ3n) is 3.85. The number of para-hydroxylation sites is 1. The van der Waals surface area contributed by atoms with Crippen LogP contribution < -0.4 is 16.4 Å². The van der Waals surface area contributed by atoms with E-state index < -0.39 is 5.91 Å². The van der Waals surface area contributed by atoms with Gasteiger partial charge < -0.3 is 11.1 Å². The molecular formula is C20H19N5O2. The van der Waals surface area contributed by atoms with Gasteiger partial charge >= 0.3 is 0 Å².